The summed E-state index contributed by atoms with van der Waals surface area (Å²) in [5, 5.41) is 0. The van der Waals surface area contributed by atoms with Crippen LogP contribution in [0.3, 0.4) is 0 Å². The van der Waals surface area contributed by atoms with E-state index in [1.165, 1.54) is 5.56 Å². The van der Waals surface area contributed by atoms with Crippen LogP contribution in [0.25, 0.3) is 0 Å². The van der Waals surface area contributed by atoms with Gasteiger partial charge in [-0.05, 0) is 26.2 Å². The van der Waals surface area contributed by atoms with E-state index in [1.54, 1.807) is 11.8 Å². The Balaban J connectivity index is 2.77. The van der Waals surface area contributed by atoms with Crippen molar-refractivity contribution in [3.63, 3.8) is 0 Å². The molecule has 84 valence electrons. The summed E-state index contributed by atoms with van der Waals surface area (Å²) in [6, 6.07) is 6.18. The van der Waals surface area contributed by atoms with E-state index in [2.05, 4.69) is 25.3 Å². The fourth-order valence-corrected chi connectivity index (χ4v) is 1.64. The Bertz CT molecular complexity index is 312. The third-order valence-electron chi connectivity index (χ3n) is 2.20. The summed E-state index contributed by atoms with van der Waals surface area (Å²) in [5.41, 5.74) is 8.22. The molecule has 0 aliphatic rings. The Hall–Kier alpha value is -0.670. The molecule has 1 rings (SSSR count). The van der Waals surface area contributed by atoms with Crippen molar-refractivity contribution in [2.45, 2.75) is 19.9 Å². The summed E-state index contributed by atoms with van der Waals surface area (Å²) < 4.78 is 5.69. The van der Waals surface area contributed by atoms with Crippen molar-refractivity contribution in [1.82, 2.24) is 0 Å². The monoisotopic (exact) mass is 225 g/mol. The number of hydrogen-bond acceptors (Lipinski definition) is 3. The fourth-order valence-electron chi connectivity index (χ4n) is 1.39. The summed E-state index contributed by atoms with van der Waals surface area (Å²) in [7, 11) is 0. The second-order valence-corrected chi connectivity index (χ2v) is 4.66. The molecule has 0 saturated carbocycles. The van der Waals surface area contributed by atoms with Crippen LogP contribution >= 0.6 is 11.8 Å². The molecule has 15 heavy (non-hydrogen) atoms. The van der Waals surface area contributed by atoms with Crippen molar-refractivity contribution in [3.05, 3.63) is 29.3 Å². The second-order valence-electron chi connectivity index (χ2n) is 3.67. The Kier molecular flexibility index (Phi) is 4.99. The largest absolute Gasteiger partial charge is 0.492 e. The second kappa shape index (κ2) is 6.03. The first kappa shape index (κ1) is 12.4. The lowest BCUT2D eigenvalue weighted by molar-refractivity contribution is 0.338. The van der Waals surface area contributed by atoms with Crippen LogP contribution in [0.1, 0.15) is 24.1 Å². The van der Waals surface area contributed by atoms with Crippen LogP contribution in [-0.2, 0) is 0 Å². The highest BCUT2D eigenvalue weighted by molar-refractivity contribution is 7.98. The maximum Gasteiger partial charge on any atom is 0.124 e. The molecule has 0 aromatic heterocycles. The molecule has 2 N–H and O–H groups in total. The van der Waals surface area contributed by atoms with Crippen molar-refractivity contribution in [2.75, 3.05) is 18.6 Å². The minimum atomic E-state index is 0.0224. The molecule has 1 atom stereocenters. The predicted octanol–water partition coefficient (Wildman–Crippen LogP) is 2.76. The summed E-state index contributed by atoms with van der Waals surface area (Å²) in [6.45, 7) is 4.79. The van der Waals surface area contributed by atoms with E-state index in [1.807, 2.05) is 13.0 Å². The van der Waals surface area contributed by atoms with Gasteiger partial charge in [0, 0.05) is 17.4 Å². The standard InChI is InChI=1S/C12H19NOS/c1-9-4-5-12(14-6-7-15-3)11(8-9)10(2)13/h4-5,8,10H,6-7,13H2,1-3H3/t10-/m0/s1. The van der Waals surface area contributed by atoms with Gasteiger partial charge in [-0.15, -0.1) is 0 Å². The normalized spacial score (nSPS) is 12.5. The molecular formula is C12H19NOS. The van der Waals surface area contributed by atoms with E-state index in [0.717, 1.165) is 23.7 Å². The van der Waals surface area contributed by atoms with Crippen molar-refractivity contribution in [3.8, 4) is 5.75 Å². The fraction of sp³-hybridized carbons (Fsp3) is 0.500. The highest BCUT2D eigenvalue weighted by Gasteiger charge is 2.07. The summed E-state index contributed by atoms with van der Waals surface area (Å²) in [4.78, 5) is 0. The number of nitrogens with two attached hydrogens (primary N) is 1. The number of hydrogen-bond donors (Lipinski definition) is 1. The lowest BCUT2D eigenvalue weighted by atomic mass is 10.1. The molecule has 0 amide bonds. The predicted molar refractivity (Wildman–Crippen MR) is 67.7 cm³/mol. The van der Waals surface area contributed by atoms with Crippen molar-refractivity contribution >= 4 is 11.8 Å². The number of thioether (sulfide) groups is 1. The number of benzene rings is 1. The number of ether oxygens (including phenoxy) is 1. The van der Waals surface area contributed by atoms with Gasteiger partial charge in [0.15, 0.2) is 0 Å². The third kappa shape index (κ3) is 3.76. The van der Waals surface area contributed by atoms with Gasteiger partial charge in [0.1, 0.15) is 5.75 Å². The van der Waals surface area contributed by atoms with Gasteiger partial charge in [-0.3, -0.25) is 0 Å². The first-order valence-electron chi connectivity index (χ1n) is 5.13. The Morgan fingerprint density at radius 3 is 2.80 bits per heavy atom. The van der Waals surface area contributed by atoms with E-state index in [9.17, 15) is 0 Å². The summed E-state index contributed by atoms with van der Waals surface area (Å²) in [5.74, 6) is 1.93. The van der Waals surface area contributed by atoms with Crippen LogP contribution < -0.4 is 10.5 Å². The van der Waals surface area contributed by atoms with Gasteiger partial charge < -0.3 is 10.5 Å². The molecule has 0 unspecified atom stereocenters. The van der Waals surface area contributed by atoms with Gasteiger partial charge in [-0.2, -0.15) is 11.8 Å². The van der Waals surface area contributed by atoms with Gasteiger partial charge in [0.05, 0.1) is 6.61 Å². The van der Waals surface area contributed by atoms with Crippen LogP contribution in [0.5, 0.6) is 5.75 Å². The zero-order chi connectivity index (χ0) is 11.3. The molecule has 0 aliphatic carbocycles. The molecule has 0 bridgehead atoms. The number of aryl methyl sites for hydroxylation is 1. The van der Waals surface area contributed by atoms with Gasteiger partial charge in [0.25, 0.3) is 0 Å². The zero-order valence-electron chi connectivity index (χ0n) is 9.62. The van der Waals surface area contributed by atoms with Gasteiger partial charge >= 0.3 is 0 Å². The molecule has 2 nitrogen and oxygen atoms in total. The van der Waals surface area contributed by atoms with Crippen LogP contribution in [-0.4, -0.2) is 18.6 Å². The van der Waals surface area contributed by atoms with Crippen molar-refractivity contribution in [1.29, 1.82) is 0 Å². The van der Waals surface area contributed by atoms with E-state index in [-0.39, 0.29) is 6.04 Å². The smallest absolute Gasteiger partial charge is 0.124 e. The summed E-state index contributed by atoms with van der Waals surface area (Å²) in [6.07, 6.45) is 2.07. The molecule has 1 aromatic carbocycles. The highest BCUT2D eigenvalue weighted by atomic mass is 32.2. The molecule has 0 aliphatic heterocycles. The quantitative estimate of drug-likeness (QED) is 0.783. The van der Waals surface area contributed by atoms with Crippen molar-refractivity contribution in [2.24, 2.45) is 5.73 Å². The van der Waals surface area contributed by atoms with Gasteiger partial charge in [0.2, 0.25) is 0 Å². The van der Waals surface area contributed by atoms with E-state index in [0.29, 0.717) is 0 Å². The first-order chi connectivity index (χ1) is 7.15. The van der Waals surface area contributed by atoms with Gasteiger partial charge in [-0.25, -0.2) is 0 Å². The van der Waals surface area contributed by atoms with E-state index >= 15 is 0 Å². The Morgan fingerprint density at radius 1 is 1.47 bits per heavy atom. The first-order valence-corrected chi connectivity index (χ1v) is 6.52. The Labute approximate surface area is 96.2 Å². The van der Waals surface area contributed by atoms with E-state index in [4.69, 9.17) is 10.5 Å². The number of rotatable bonds is 5. The van der Waals surface area contributed by atoms with E-state index < -0.39 is 0 Å². The van der Waals surface area contributed by atoms with Crippen LogP contribution in [0.15, 0.2) is 18.2 Å². The van der Waals surface area contributed by atoms with Crippen LogP contribution in [0.2, 0.25) is 0 Å². The molecule has 1 aromatic rings. The molecule has 0 radical (unpaired) electrons. The lowest BCUT2D eigenvalue weighted by Gasteiger charge is -2.14. The van der Waals surface area contributed by atoms with Crippen LogP contribution in [0.4, 0.5) is 0 Å². The Morgan fingerprint density at radius 2 is 2.20 bits per heavy atom. The lowest BCUT2D eigenvalue weighted by Crippen LogP contribution is -2.09. The average Bonchev–Trinajstić information content (AvgIpc) is 2.20. The maximum absolute atomic E-state index is 5.90. The SMILES string of the molecule is CSCCOc1ccc(C)cc1[C@H](C)N. The van der Waals surface area contributed by atoms with Crippen molar-refractivity contribution < 1.29 is 4.74 Å². The van der Waals surface area contributed by atoms with Gasteiger partial charge in [-0.1, -0.05) is 17.7 Å². The zero-order valence-corrected chi connectivity index (χ0v) is 10.4. The molecule has 0 fully saturated rings. The molecule has 0 heterocycles. The van der Waals surface area contributed by atoms with Crippen LogP contribution in [0, 0.1) is 6.92 Å². The average molecular weight is 225 g/mol. The minimum Gasteiger partial charge on any atom is -0.492 e. The highest BCUT2D eigenvalue weighted by Crippen LogP contribution is 2.25. The molecular weight excluding hydrogens is 206 g/mol. The maximum atomic E-state index is 5.90. The molecule has 0 saturated heterocycles. The molecule has 0 spiro atoms. The topological polar surface area (TPSA) is 35.2 Å². The third-order valence-corrected chi connectivity index (χ3v) is 2.78. The molecule has 3 heteroatoms. The summed E-state index contributed by atoms with van der Waals surface area (Å²) >= 11 is 1.78. The minimum absolute atomic E-state index is 0.0224.